The topological polar surface area (TPSA) is 42.1 Å². The van der Waals surface area contributed by atoms with Gasteiger partial charge in [-0.25, -0.2) is 4.98 Å². The highest BCUT2D eigenvalue weighted by Gasteiger charge is 2.22. The number of hydrogen-bond acceptors (Lipinski definition) is 3. The van der Waals surface area contributed by atoms with Gasteiger partial charge in [0.25, 0.3) is 0 Å². The Morgan fingerprint density at radius 3 is 2.80 bits per heavy atom. The number of aryl methyl sites for hydroxylation is 1. The van der Waals surface area contributed by atoms with E-state index >= 15 is 0 Å². The largest absolute Gasteiger partial charge is 0.355 e. The van der Waals surface area contributed by atoms with E-state index in [9.17, 15) is 0 Å². The van der Waals surface area contributed by atoms with Gasteiger partial charge in [0.15, 0.2) is 0 Å². The quantitative estimate of drug-likeness (QED) is 0.756. The SMILES string of the molecule is Cc1ccc(N2CC(C)CC(N)C2)nc1. The summed E-state index contributed by atoms with van der Waals surface area (Å²) in [6.07, 6.45) is 3.04. The first-order valence-corrected chi connectivity index (χ1v) is 5.58. The maximum absolute atomic E-state index is 6.01. The number of piperidine rings is 1. The summed E-state index contributed by atoms with van der Waals surface area (Å²) in [5.41, 5.74) is 7.22. The number of nitrogens with zero attached hydrogens (tertiary/aromatic N) is 2. The Labute approximate surface area is 91.3 Å². The Balaban J connectivity index is 2.12. The third-order valence-corrected chi connectivity index (χ3v) is 2.91. The van der Waals surface area contributed by atoms with E-state index in [1.54, 1.807) is 0 Å². The highest BCUT2D eigenvalue weighted by molar-refractivity contribution is 5.40. The second kappa shape index (κ2) is 4.19. The Morgan fingerprint density at radius 1 is 1.40 bits per heavy atom. The van der Waals surface area contributed by atoms with Gasteiger partial charge in [-0.15, -0.1) is 0 Å². The molecule has 3 nitrogen and oxygen atoms in total. The van der Waals surface area contributed by atoms with Gasteiger partial charge in [0.1, 0.15) is 5.82 Å². The average Bonchev–Trinajstić information content (AvgIpc) is 2.17. The molecular weight excluding hydrogens is 186 g/mol. The van der Waals surface area contributed by atoms with E-state index in [-0.39, 0.29) is 6.04 Å². The van der Waals surface area contributed by atoms with E-state index in [0.29, 0.717) is 5.92 Å². The minimum atomic E-state index is 0.289. The molecule has 1 aromatic rings. The maximum atomic E-state index is 6.01. The highest BCUT2D eigenvalue weighted by atomic mass is 15.2. The third kappa shape index (κ3) is 2.48. The van der Waals surface area contributed by atoms with Crippen molar-refractivity contribution in [3.8, 4) is 0 Å². The first-order chi connectivity index (χ1) is 7.15. The lowest BCUT2D eigenvalue weighted by molar-refractivity contribution is 0.400. The predicted octanol–water partition coefficient (Wildman–Crippen LogP) is 1.56. The molecular formula is C12H19N3. The highest BCUT2D eigenvalue weighted by Crippen LogP contribution is 2.20. The average molecular weight is 205 g/mol. The number of rotatable bonds is 1. The van der Waals surface area contributed by atoms with Crippen LogP contribution in [0.1, 0.15) is 18.9 Å². The molecule has 0 radical (unpaired) electrons. The van der Waals surface area contributed by atoms with Crippen molar-refractivity contribution in [3.05, 3.63) is 23.9 Å². The van der Waals surface area contributed by atoms with Gasteiger partial charge in [0.05, 0.1) is 0 Å². The number of hydrogen-bond donors (Lipinski definition) is 1. The van der Waals surface area contributed by atoms with E-state index < -0.39 is 0 Å². The van der Waals surface area contributed by atoms with Crippen LogP contribution in [0.15, 0.2) is 18.3 Å². The van der Waals surface area contributed by atoms with Gasteiger partial charge >= 0.3 is 0 Å². The second-order valence-electron chi connectivity index (χ2n) is 4.70. The maximum Gasteiger partial charge on any atom is 0.128 e. The molecule has 1 fully saturated rings. The smallest absolute Gasteiger partial charge is 0.128 e. The molecule has 1 aliphatic heterocycles. The minimum absolute atomic E-state index is 0.289. The first kappa shape index (κ1) is 10.4. The van der Waals surface area contributed by atoms with Crippen LogP contribution in [0.25, 0.3) is 0 Å². The van der Waals surface area contributed by atoms with Crippen molar-refractivity contribution in [1.82, 2.24) is 4.98 Å². The van der Waals surface area contributed by atoms with Crippen LogP contribution in [-0.2, 0) is 0 Å². The van der Waals surface area contributed by atoms with Crippen molar-refractivity contribution in [1.29, 1.82) is 0 Å². The lowest BCUT2D eigenvalue weighted by atomic mass is 9.96. The molecule has 2 atom stereocenters. The lowest BCUT2D eigenvalue weighted by Gasteiger charge is -2.35. The van der Waals surface area contributed by atoms with Crippen molar-refractivity contribution >= 4 is 5.82 Å². The molecule has 1 saturated heterocycles. The summed E-state index contributed by atoms with van der Waals surface area (Å²) >= 11 is 0. The Hall–Kier alpha value is -1.09. The number of nitrogens with two attached hydrogens (primary N) is 1. The van der Waals surface area contributed by atoms with Gasteiger partial charge in [-0.1, -0.05) is 13.0 Å². The molecule has 0 bridgehead atoms. The molecule has 82 valence electrons. The molecule has 0 amide bonds. The van der Waals surface area contributed by atoms with E-state index in [4.69, 9.17) is 5.73 Å². The normalized spacial score (nSPS) is 26.7. The zero-order valence-electron chi connectivity index (χ0n) is 9.48. The van der Waals surface area contributed by atoms with E-state index in [1.807, 2.05) is 6.20 Å². The van der Waals surface area contributed by atoms with Crippen LogP contribution in [0, 0.1) is 12.8 Å². The summed E-state index contributed by atoms with van der Waals surface area (Å²) in [5.74, 6) is 1.72. The second-order valence-corrected chi connectivity index (χ2v) is 4.70. The van der Waals surface area contributed by atoms with E-state index in [2.05, 4.69) is 35.9 Å². The first-order valence-electron chi connectivity index (χ1n) is 5.58. The summed E-state index contributed by atoms with van der Waals surface area (Å²) < 4.78 is 0. The summed E-state index contributed by atoms with van der Waals surface area (Å²) in [6, 6.07) is 4.48. The Morgan fingerprint density at radius 2 is 2.20 bits per heavy atom. The minimum Gasteiger partial charge on any atom is -0.355 e. The van der Waals surface area contributed by atoms with Crippen molar-refractivity contribution in [2.24, 2.45) is 11.7 Å². The van der Waals surface area contributed by atoms with Crippen LogP contribution in [0.3, 0.4) is 0 Å². The molecule has 2 rings (SSSR count). The molecule has 15 heavy (non-hydrogen) atoms. The predicted molar refractivity (Wildman–Crippen MR) is 62.9 cm³/mol. The molecule has 1 aliphatic rings. The summed E-state index contributed by atoms with van der Waals surface area (Å²) in [4.78, 5) is 6.73. The van der Waals surface area contributed by atoms with Crippen LogP contribution < -0.4 is 10.6 Å². The molecule has 3 heteroatoms. The Kier molecular flexibility index (Phi) is 2.91. The number of anilines is 1. The zero-order valence-corrected chi connectivity index (χ0v) is 9.48. The standard InChI is InChI=1S/C12H19N3/c1-9-3-4-12(14-6-9)15-7-10(2)5-11(13)8-15/h3-4,6,10-11H,5,7-8,13H2,1-2H3. The third-order valence-electron chi connectivity index (χ3n) is 2.91. The van der Waals surface area contributed by atoms with Crippen molar-refractivity contribution in [2.45, 2.75) is 26.3 Å². The lowest BCUT2D eigenvalue weighted by Crippen LogP contribution is -2.46. The molecule has 1 aromatic heterocycles. The van der Waals surface area contributed by atoms with E-state index in [1.165, 1.54) is 5.56 Å². The fraction of sp³-hybridized carbons (Fsp3) is 0.583. The molecule has 2 unspecified atom stereocenters. The molecule has 0 spiro atoms. The van der Waals surface area contributed by atoms with Gasteiger partial charge in [-0.05, 0) is 30.9 Å². The van der Waals surface area contributed by atoms with Gasteiger partial charge in [0, 0.05) is 25.3 Å². The number of aromatic nitrogens is 1. The molecule has 0 aliphatic carbocycles. The van der Waals surface area contributed by atoms with E-state index in [0.717, 1.165) is 25.3 Å². The number of pyridine rings is 1. The van der Waals surface area contributed by atoms with Crippen LogP contribution >= 0.6 is 0 Å². The summed E-state index contributed by atoms with van der Waals surface area (Å²) in [7, 11) is 0. The van der Waals surface area contributed by atoms with Crippen LogP contribution in [-0.4, -0.2) is 24.1 Å². The molecule has 0 aromatic carbocycles. The Bertz CT molecular complexity index is 310. The van der Waals surface area contributed by atoms with Gasteiger partial charge in [0.2, 0.25) is 0 Å². The molecule has 0 saturated carbocycles. The van der Waals surface area contributed by atoms with Crippen LogP contribution in [0.4, 0.5) is 5.82 Å². The van der Waals surface area contributed by atoms with Gasteiger partial charge in [-0.2, -0.15) is 0 Å². The van der Waals surface area contributed by atoms with Gasteiger partial charge < -0.3 is 10.6 Å². The summed E-state index contributed by atoms with van der Waals surface area (Å²) in [6.45, 7) is 6.31. The van der Waals surface area contributed by atoms with Crippen molar-refractivity contribution in [2.75, 3.05) is 18.0 Å². The summed E-state index contributed by atoms with van der Waals surface area (Å²) in [5, 5.41) is 0. The van der Waals surface area contributed by atoms with Crippen molar-refractivity contribution < 1.29 is 0 Å². The molecule has 2 heterocycles. The fourth-order valence-corrected chi connectivity index (χ4v) is 2.23. The van der Waals surface area contributed by atoms with Crippen LogP contribution in [0.2, 0.25) is 0 Å². The zero-order chi connectivity index (χ0) is 10.8. The van der Waals surface area contributed by atoms with Crippen LogP contribution in [0.5, 0.6) is 0 Å². The van der Waals surface area contributed by atoms with Gasteiger partial charge in [-0.3, -0.25) is 0 Å². The van der Waals surface area contributed by atoms with Crippen molar-refractivity contribution in [3.63, 3.8) is 0 Å². The monoisotopic (exact) mass is 205 g/mol. The molecule has 2 N–H and O–H groups in total. The fourth-order valence-electron chi connectivity index (χ4n) is 2.23.